The van der Waals surface area contributed by atoms with Gasteiger partial charge < -0.3 is 5.32 Å². The molecule has 1 atom stereocenters. The molecule has 0 saturated carbocycles. The summed E-state index contributed by atoms with van der Waals surface area (Å²) in [6.45, 7) is 3.03. The Morgan fingerprint density at radius 1 is 1.19 bits per heavy atom. The Morgan fingerprint density at radius 2 is 1.84 bits per heavy atom. The van der Waals surface area contributed by atoms with Gasteiger partial charge in [0.05, 0.1) is 17.2 Å². The van der Waals surface area contributed by atoms with Crippen LogP contribution in [0.4, 0.5) is 4.39 Å². The van der Waals surface area contributed by atoms with E-state index < -0.39 is 20.5 Å². The summed E-state index contributed by atoms with van der Waals surface area (Å²) in [6.07, 6.45) is 2.25. The van der Waals surface area contributed by atoms with Crippen molar-refractivity contribution in [2.24, 2.45) is 0 Å². The van der Waals surface area contributed by atoms with Gasteiger partial charge in [0.2, 0.25) is 5.91 Å². The van der Waals surface area contributed by atoms with E-state index in [-0.39, 0.29) is 24.3 Å². The Bertz CT molecular complexity index is 1330. The molecule has 3 aromatic rings. The first kappa shape index (κ1) is 22.6. The van der Waals surface area contributed by atoms with Gasteiger partial charge in [0.1, 0.15) is 10.6 Å². The second kappa shape index (κ2) is 8.22. The summed E-state index contributed by atoms with van der Waals surface area (Å²) >= 11 is 0. The van der Waals surface area contributed by atoms with Gasteiger partial charge in [-0.15, -0.1) is 0 Å². The normalized spacial score (nSPS) is 13.7. The van der Waals surface area contributed by atoms with Crippen LogP contribution in [0.2, 0.25) is 0 Å². The molecule has 9 heteroatoms. The molecule has 0 bridgehead atoms. The fraction of sp³-hybridized carbons (Fsp3) is 0.318. The Balaban J connectivity index is 1.95. The fourth-order valence-corrected chi connectivity index (χ4v) is 4.24. The van der Waals surface area contributed by atoms with Gasteiger partial charge in [-0.1, -0.05) is 18.2 Å². The average Bonchev–Trinajstić information content (AvgIpc) is 2.73. The highest BCUT2D eigenvalue weighted by Crippen LogP contribution is 2.25. The highest BCUT2D eigenvalue weighted by Gasteiger charge is 2.42. The van der Waals surface area contributed by atoms with E-state index in [2.05, 4.69) is 10.3 Å². The molecular formula is C22H24FN3O4S. The van der Waals surface area contributed by atoms with E-state index in [1.165, 1.54) is 30.9 Å². The number of aromatic nitrogens is 2. The minimum atomic E-state index is -3.72. The molecule has 164 valence electrons. The van der Waals surface area contributed by atoms with Gasteiger partial charge >= 0.3 is 0 Å². The van der Waals surface area contributed by atoms with E-state index in [0.717, 1.165) is 11.8 Å². The lowest BCUT2D eigenvalue weighted by molar-refractivity contribution is -0.123. The minimum Gasteiger partial charge on any atom is -0.358 e. The van der Waals surface area contributed by atoms with Crippen molar-refractivity contribution in [3.63, 3.8) is 0 Å². The maximum Gasteiger partial charge on any atom is 0.261 e. The summed E-state index contributed by atoms with van der Waals surface area (Å²) in [6, 6.07) is 9.95. The van der Waals surface area contributed by atoms with Crippen molar-refractivity contribution in [3.8, 4) is 11.1 Å². The van der Waals surface area contributed by atoms with Crippen LogP contribution >= 0.6 is 0 Å². The van der Waals surface area contributed by atoms with Crippen LogP contribution in [0.15, 0.2) is 47.5 Å². The number of nitrogens with one attached hydrogen (secondary N) is 1. The first-order valence-electron chi connectivity index (χ1n) is 9.65. The van der Waals surface area contributed by atoms with E-state index in [1.807, 2.05) is 0 Å². The van der Waals surface area contributed by atoms with Gasteiger partial charge in [-0.2, -0.15) is 0 Å². The Hall–Kier alpha value is -3.07. The Kier molecular flexibility index (Phi) is 6.00. The molecule has 1 aromatic heterocycles. The van der Waals surface area contributed by atoms with Crippen molar-refractivity contribution in [2.75, 3.05) is 13.3 Å². The zero-order chi connectivity index (χ0) is 23.0. The molecule has 1 N–H and O–H groups in total. The Labute approximate surface area is 179 Å². The lowest BCUT2D eigenvalue weighted by Crippen LogP contribution is -2.49. The predicted molar refractivity (Wildman–Crippen MR) is 118 cm³/mol. The number of nitrogens with zero attached hydrogens (tertiary/aromatic N) is 2. The molecule has 1 amide bonds. The first-order valence-corrected chi connectivity index (χ1v) is 11.5. The zero-order valence-electron chi connectivity index (χ0n) is 17.8. The molecule has 7 nitrogen and oxygen atoms in total. The van der Waals surface area contributed by atoms with Crippen molar-refractivity contribution < 1.29 is 17.6 Å². The molecule has 3 rings (SSSR count). The van der Waals surface area contributed by atoms with Crippen molar-refractivity contribution in [2.45, 2.75) is 31.6 Å². The van der Waals surface area contributed by atoms with Crippen molar-refractivity contribution >= 4 is 26.6 Å². The maximum absolute atomic E-state index is 13.9. The van der Waals surface area contributed by atoms with Crippen LogP contribution in [0.25, 0.3) is 22.0 Å². The van der Waals surface area contributed by atoms with Crippen LogP contribution in [0, 0.1) is 12.7 Å². The second-order valence-electron chi connectivity index (χ2n) is 7.77. The van der Waals surface area contributed by atoms with E-state index in [1.54, 1.807) is 37.3 Å². The standard InChI is InChI=1S/C22H24FN3O4S/c1-14-5-6-15(11-18(14)23)16-7-8-17-19(12-16)25-13-26(20(17)27)10-9-22(2,21(28)24-3)31(4,29)30/h5-8,11-13H,9-10H2,1-4H3,(H,24,28)/t22-/m1/s1. The molecular weight excluding hydrogens is 421 g/mol. The van der Waals surface area contributed by atoms with Gasteiger partial charge in [0.25, 0.3) is 5.56 Å². The summed E-state index contributed by atoms with van der Waals surface area (Å²) in [5, 5.41) is 2.72. The van der Waals surface area contributed by atoms with E-state index >= 15 is 0 Å². The lowest BCUT2D eigenvalue weighted by atomic mass is 10.0. The quantitative estimate of drug-likeness (QED) is 0.629. The van der Waals surface area contributed by atoms with Gasteiger partial charge in [0, 0.05) is 19.8 Å². The first-order chi connectivity index (χ1) is 14.5. The molecule has 0 aliphatic rings. The third-order valence-electron chi connectivity index (χ3n) is 5.69. The number of benzene rings is 2. The highest BCUT2D eigenvalue weighted by molar-refractivity contribution is 7.92. The molecule has 0 radical (unpaired) electrons. The highest BCUT2D eigenvalue weighted by atomic mass is 32.2. The van der Waals surface area contributed by atoms with Crippen molar-refractivity contribution in [1.82, 2.24) is 14.9 Å². The second-order valence-corrected chi connectivity index (χ2v) is 10.2. The SMILES string of the molecule is CNC(=O)[C@@](C)(CCn1cnc2cc(-c3ccc(C)c(F)c3)ccc2c1=O)S(C)(=O)=O. The third-order valence-corrected chi connectivity index (χ3v) is 7.71. The number of amides is 1. The van der Waals surface area contributed by atoms with E-state index in [4.69, 9.17) is 0 Å². The number of carbonyl (C=O) groups is 1. The molecule has 31 heavy (non-hydrogen) atoms. The van der Waals surface area contributed by atoms with Gasteiger partial charge in [-0.25, -0.2) is 17.8 Å². The number of aryl methyl sites for hydroxylation is 2. The van der Waals surface area contributed by atoms with Crippen LogP contribution < -0.4 is 10.9 Å². The minimum absolute atomic E-state index is 0.00366. The van der Waals surface area contributed by atoms with Crippen LogP contribution in [0.3, 0.4) is 0 Å². The summed E-state index contributed by atoms with van der Waals surface area (Å²) < 4.78 is 37.9. The monoisotopic (exact) mass is 445 g/mol. The maximum atomic E-state index is 13.9. The van der Waals surface area contributed by atoms with Crippen LogP contribution in [0.1, 0.15) is 18.9 Å². The summed E-state index contributed by atoms with van der Waals surface area (Å²) in [7, 11) is -2.35. The van der Waals surface area contributed by atoms with Gasteiger partial charge in [-0.05, 0) is 55.2 Å². The van der Waals surface area contributed by atoms with Crippen LogP contribution in [-0.4, -0.2) is 41.9 Å². The zero-order valence-corrected chi connectivity index (χ0v) is 18.6. The molecule has 1 heterocycles. The fourth-order valence-electron chi connectivity index (χ4n) is 3.34. The average molecular weight is 446 g/mol. The lowest BCUT2D eigenvalue weighted by Gasteiger charge is -2.25. The summed E-state index contributed by atoms with van der Waals surface area (Å²) in [5.41, 5.74) is 2.03. The predicted octanol–water partition coefficient (Wildman–Crippen LogP) is 2.45. The molecule has 0 fully saturated rings. The number of carbonyl (C=O) groups excluding carboxylic acids is 1. The number of hydrogen-bond acceptors (Lipinski definition) is 5. The van der Waals surface area contributed by atoms with Gasteiger partial charge in [0.15, 0.2) is 9.84 Å². The summed E-state index contributed by atoms with van der Waals surface area (Å²) in [5.74, 6) is -0.946. The number of hydrogen-bond donors (Lipinski definition) is 1. The number of sulfone groups is 1. The van der Waals surface area contributed by atoms with E-state index in [0.29, 0.717) is 22.0 Å². The topological polar surface area (TPSA) is 98.1 Å². The molecule has 0 saturated heterocycles. The van der Waals surface area contributed by atoms with Gasteiger partial charge in [-0.3, -0.25) is 14.2 Å². The number of fused-ring (bicyclic) bond motifs is 1. The molecule has 0 unspecified atom stereocenters. The molecule has 0 aliphatic heterocycles. The Morgan fingerprint density at radius 3 is 2.45 bits per heavy atom. The van der Waals surface area contributed by atoms with Crippen molar-refractivity contribution in [3.05, 3.63) is 64.5 Å². The molecule has 0 spiro atoms. The summed E-state index contributed by atoms with van der Waals surface area (Å²) in [4.78, 5) is 29.4. The largest absolute Gasteiger partial charge is 0.358 e. The molecule has 2 aromatic carbocycles. The van der Waals surface area contributed by atoms with E-state index in [9.17, 15) is 22.4 Å². The third kappa shape index (κ3) is 4.23. The molecule has 0 aliphatic carbocycles. The van der Waals surface area contributed by atoms with Crippen molar-refractivity contribution in [1.29, 1.82) is 0 Å². The number of rotatable bonds is 6. The number of halogens is 1. The smallest absolute Gasteiger partial charge is 0.261 e. The van der Waals surface area contributed by atoms with Crippen LogP contribution in [-0.2, 0) is 21.2 Å². The van der Waals surface area contributed by atoms with Crippen LogP contribution in [0.5, 0.6) is 0 Å².